The van der Waals surface area contributed by atoms with Gasteiger partial charge in [0.25, 0.3) is 5.56 Å². The SMILES string of the molecule is CC[C@H](Nc1ncnc2nc[nH]c12)c1nc2cccc(CNc3ncc(C(=O)CO)cn3)c2c(=O)n1-c1ccccc1. The number of para-hydroxylation sites is 1. The number of hydrogen-bond acceptors (Lipinski definition) is 11. The standard InChI is InChI=1S/C29H26N10O3/c1-2-20(37-26-24-25(34-15-33-24)35-16-36-26)27-38-21-10-6-7-17(11-30-29-31-12-18(13-32-29)22(41)14-40)23(21)28(42)39(27)19-8-4-3-5-9-19/h3-10,12-13,15-16,20,40H,2,11,14H2,1H3,(H,30,31,32)(H2,33,34,35,36,37)/t20-/m0/s1. The Morgan fingerprint density at radius 1 is 1.02 bits per heavy atom. The van der Waals surface area contributed by atoms with Crippen LogP contribution in [0.15, 0.2) is 78.4 Å². The van der Waals surface area contributed by atoms with Crippen LogP contribution in [0.5, 0.6) is 0 Å². The molecule has 4 aromatic heterocycles. The fourth-order valence-corrected chi connectivity index (χ4v) is 4.74. The van der Waals surface area contributed by atoms with E-state index in [2.05, 4.69) is 40.5 Å². The third kappa shape index (κ3) is 5.04. The minimum absolute atomic E-state index is 0.213. The number of aromatic nitrogens is 8. The normalized spacial score (nSPS) is 12.0. The summed E-state index contributed by atoms with van der Waals surface area (Å²) in [6, 6.07) is 14.5. The highest BCUT2D eigenvalue weighted by molar-refractivity contribution is 5.96. The molecule has 2 aromatic carbocycles. The molecule has 13 nitrogen and oxygen atoms in total. The number of nitrogens with one attached hydrogen (secondary N) is 3. The number of benzene rings is 2. The lowest BCUT2D eigenvalue weighted by Gasteiger charge is -2.22. The summed E-state index contributed by atoms with van der Waals surface area (Å²) >= 11 is 0. The highest BCUT2D eigenvalue weighted by Crippen LogP contribution is 2.27. The first-order valence-electron chi connectivity index (χ1n) is 13.3. The molecule has 0 aliphatic rings. The first-order chi connectivity index (χ1) is 20.6. The van der Waals surface area contributed by atoms with E-state index in [4.69, 9.17) is 10.1 Å². The number of imidazole rings is 1. The van der Waals surface area contributed by atoms with E-state index >= 15 is 0 Å². The van der Waals surface area contributed by atoms with Gasteiger partial charge >= 0.3 is 0 Å². The molecule has 4 N–H and O–H groups in total. The summed E-state index contributed by atoms with van der Waals surface area (Å²) in [7, 11) is 0. The number of aliphatic hydroxyl groups is 1. The van der Waals surface area contributed by atoms with E-state index in [1.54, 1.807) is 10.9 Å². The molecule has 0 fully saturated rings. The molecule has 0 radical (unpaired) electrons. The van der Waals surface area contributed by atoms with E-state index in [0.29, 0.717) is 51.4 Å². The van der Waals surface area contributed by atoms with Gasteiger partial charge in [0.05, 0.1) is 34.5 Å². The third-order valence-electron chi connectivity index (χ3n) is 6.83. The van der Waals surface area contributed by atoms with Crippen molar-refractivity contribution in [3.8, 4) is 5.69 Å². The Bertz CT molecular complexity index is 1940. The fraction of sp³-hybridized carbons (Fsp3) is 0.172. The lowest BCUT2D eigenvalue weighted by molar-refractivity contribution is 0.0903. The second kappa shape index (κ2) is 11.5. The van der Waals surface area contributed by atoms with Gasteiger partial charge in [0.1, 0.15) is 24.3 Å². The summed E-state index contributed by atoms with van der Waals surface area (Å²) in [5.74, 6) is 0.903. The number of aliphatic hydroxyl groups excluding tert-OH is 1. The maximum absolute atomic E-state index is 14.3. The molecule has 0 saturated heterocycles. The predicted molar refractivity (Wildman–Crippen MR) is 156 cm³/mol. The Hall–Kier alpha value is -5.56. The van der Waals surface area contributed by atoms with Gasteiger partial charge < -0.3 is 20.7 Å². The smallest absolute Gasteiger partial charge is 0.266 e. The van der Waals surface area contributed by atoms with Crippen LogP contribution in [-0.4, -0.2) is 57.0 Å². The van der Waals surface area contributed by atoms with Crippen molar-refractivity contribution in [3.05, 3.63) is 101 Å². The average molecular weight is 563 g/mol. The van der Waals surface area contributed by atoms with Gasteiger partial charge in [-0.3, -0.25) is 14.2 Å². The van der Waals surface area contributed by atoms with E-state index in [-0.39, 0.29) is 29.7 Å². The Morgan fingerprint density at radius 2 is 1.83 bits per heavy atom. The molecule has 0 aliphatic heterocycles. The highest BCUT2D eigenvalue weighted by Gasteiger charge is 2.23. The lowest BCUT2D eigenvalue weighted by atomic mass is 10.1. The van der Waals surface area contributed by atoms with Crippen molar-refractivity contribution in [3.63, 3.8) is 0 Å². The number of aromatic amines is 1. The zero-order valence-electron chi connectivity index (χ0n) is 22.5. The third-order valence-corrected chi connectivity index (χ3v) is 6.83. The topological polar surface area (TPSA) is 176 Å². The molecular weight excluding hydrogens is 536 g/mol. The number of Topliss-reactive ketones (excluding diaryl/α,β-unsaturated/α-hetero) is 1. The van der Waals surface area contributed by atoms with Gasteiger partial charge in [-0.05, 0) is 30.2 Å². The van der Waals surface area contributed by atoms with Crippen molar-refractivity contribution in [2.45, 2.75) is 25.9 Å². The molecule has 42 heavy (non-hydrogen) atoms. The maximum Gasteiger partial charge on any atom is 0.266 e. The highest BCUT2D eigenvalue weighted by atomic mass is 16.3. The molecule has 0 aliphatic carbocycles. The number of carbonyl (C=O) groups is 1. The van der Waals surface area contributed by atoms with Crippen molar-refractivity contribution in [1.29, 1.82) is 0 Å². The summed E-state index contributed by atoms with van der Waals surface area (Å²) in [6.45, 7) is 1.63. The van der Waals surface area contributed by atoms with Crippen molar-refractivity contribution in [1.82, 2.24) is 39.5 Å². The minimum Gasteiger partial charge on any atom is -0.388 e. The van der Waals surface area contributed by atoms with Gasteiger partial charge in [0.2, 0.25) is 5.95 Å². The van der Waals surface area contributed by atoms with Gasteiger partial charge in [0, 0.05) is 18.9 Å². The van der Waals surface area contributed by atoms with E-state index in [1.165, 1.54) is 18.7 Å². The largest absolute Gasteiger partial charge is 0.388 e. The molecular formula is C29H26N10O3. The summed E-state index contributed by atoms with van der Waals surface area (Å²) in [5, 5.41) is 16.1. The maximum atomic E-state index is 14.3. The monoisotopic (exact) mass is 562 g/mol. The lowest BCUT2D eigenvalue weighted by Crippen LogP contribution is -2.29. The van der Waals surface area contributed by atoms with Gasteiger partial charge in [-0.15, -0.1) is 0 Å². The average Bonchev–Trinajstić information content (AvgIpc) is 3.52. The van der Waals surface area contributed by atoms with Crippen LogP contribution >= 0.6 is 0 Å². The summed E-state index contributed by atoms with van der Waals surface area (Å²) < 4.78 is 1.63. The van der Waals surface area contributed by atoms with Gasteiger partial charge in [-0.25, -0.2) is 29.9 Å². The second-order valence-electron chi connectivity index (χ2n) is 9.42. The van der Waals surface area contributed by atoms with Crippen molar-refractivity contribution < 1.29 is 9.90 Å². The Morgan fingerprint density at radius 3 is 2.60 bits per heavy atom. The molecule has 0 spiro atoms. The summed E-state index contributed by atoms with van der Waals surface area (Å²) in [4.78, 5) is 55.2. The van der Waals surface area contributed by atoms with Crippen LogP contribution in [0, 0.1) is 0 Å². The molecule has 0 unspecified atom stereocenters. The number of H-pyrrole nitrogens is 1. The van der Waals surface area contributed by atoms with Crippen LogP contribution in [0.2, 0.25) is 0 Å². The van der Waals surface area contributed by atoms with Gasteiger partial charge in [-0.1, -0.05) is 37.3 Å². The minimum atomic E-state index is -0.615. The molecule has 210 valence electrons. The van der Waals surface area contributed by atoms with E-state index < -0.39 is 12.4 Å². The zero-order chi connectivity index (χ0) is 29.1. The Labute approximate surface area is 238 Å². The fourth-order valence-electron chi connectivity index (χ4n) is 4.74. The number of anilines is 2. The van der Waals surface area contributed by atoms with Gasteiger partial charge in [0.15, 0.2) is 17.2 Å². The van der Waals surface area contributed by atoms with E-state index in [9.17, 15) is 9.59 Å². The quantitative estimate of drug-likeness (QED) is 0.180. The molecule has 0 bridgehead atoms. The van der Waals surface area contributed by atoms with Gasteiger partial charge in [-0.2, -0.15) is 0 Å². The number of hydrogen-bond donors (Lipinski definition) is 4. The van der Waals surface area contributed by atoms with Crippen LogP contribution in [0.1, 0.15) is 41.1 Å². The van der Waals surface area contributed by atoms with Crippen LogP contribution < -0.4 is 16.2 Å². The van der Waals surface area contributed by atoms with E-state index in [1.807, 2.05) is 55.5 Å². The number of fused-ring (bicyclic) bond motifs is 2. The molecule has 0 saturated carbocycles. The molecule has 4 heterocycles. The first kappa shape index (κ1) is 26.7. The Balaban J connectivity index is 1.42. The molecule has 0 amide bonds. The second-order valence-corrected chi connectivity index (χ2v) is 9.42. The van der Waals surface area contributed by atoms with Crippen LogP contribution in [0.4, 0.5) is 11.8 Å². The summed E-state index contributed by atoms with van der Waals surface area (Å²) in [6.07, 6.45) is 6.30. The predicted octanol–water partition coefficient (Wildman–Crippen LogP) is 3.19. The molecule has 6 aromatic rings. The van der Waals surface area contributed by atoms with Crippen LogP contribution in [0.25, 0.3) is 27.8 Å². The van der Waals surface area contributed by atoms with Crippen molar-refractivity contribution >= 4 is 39.6 Å². The summed E-state index contributed by atoms with van der Waals surface area (Å²) in [5.41, 5.74) is 3.11. The van der Waals surface area contributed by atoms with Crippen molar-refractivity contribution in [2.75, 3.05) is 17.2 Å². The molecule has 6 rings (SSSR count). The van der Waals surface area contributed by atoms with Crippen LogP contribution in [0.3, 0.4) is 0 Å². The number of rotatable bonds is 10. The number of carbonyl (C=O) groups excluding carboxylic acids is 1. The first-order valence-corrected chi connectivity index (χ1v) is 13.3. The zero-order valence-corrected chi connectivity index (χ0v) is 22.5. The number of ketones is 1. The van der Waals surface area contributed by atoms with Crippen LogP contribution in [-0.2, 0) is 6.54 Å². The molecule has 13 heteroatoms. The molecule has 1 atom stereocenters. The number of nitrogens with zero attached hydrogens (tertiary/aromatic N) is 7. The van der Waals surface area contributed by atoms with Crippen molar-refractivity contribution in [2.24, 2.45) is 0 Å². The van der Waals surface area contributed by atoms with E-state index in [0.717, 1.165) is 0 Å². The Kier molecular flexibility index (Phi) is 7.30.